The predicted octanol–water partition coefficient (Wildman–Crippen LogP) is 1.26. The summed E-state index contributed by atoms with van der Waals surface area (Å²) in [4.78, 5) is 21.3. The van der Waals surface area contributed by atoms with Gasteiger partial charge in [0, 0.05) is 12.1 Å². The number of nitro groups is 1. The van der Waals surface area contributed by atoms with Gasteiger partial charge in [0.05, 0.1) is 30.3 Å². The number of methoxy groups -OCH3 is 2. The molecule has 0 amide bonds. The van der Waals surface area contributed by atoms with Crippen LogP contribution in [0.15, 0.2) is 12.1 Å². The van der Waals surface area contributed by atoms with E-state index in [0.29, 0.717) is 0 Å². The fourth-order valence-electron chi connectivity index (χ4n) is 1.25. The van der Waals surface area contributed by atoms with Gasteiger partial charge in [-0.15, -0.1) is 0 Å². The first kappa shape index (κ1) is 12.4. The number of nitrogens with zero attached hydrogens (tertiary/aromatic N) is 2. The monoisotopic (exact) mass is 236 g/mol. The van der Waals surface area contributed by atoms with Gasteiger partial charge in [0.25, 0.3) is 0 Å². The summed E-state index contributed by atoms with van der Waals surface area (Å²) < 4.78 is 9.25. The van der Waals surface area contributed by atoms with Crippen molar-refractivity contribution in [2.75, 3.05) is 14.2 Å². The number of hydrogen-bond donors (Lipinski definition) is 0. The van der Waals surface area contributed by atoms with Crippen molar-refractivity contribution in [2.45, 2.75) is 0 Å². The number of ether oxygens (including phenoxy) is 2. The van der Waals surface area contributed by atoms with Crippen LogP contribution in [-0.4, -0.2) is 25.1 Å². The molecule has 0 N–H and O–H groups in total. The van der Waals surface area contributed by atoms with Gasteiger partial charge in [-0.2, -0.15) is 5.26 Å². The van der Waals surface area contributed by atoms with Crippen molar-refractivity contribution in [1.82, 2.24) is 0 Å². The van der Waals surface area contributed by atoms with Gasteiger partial charge in [-0.1, -0.05) is 0 Å². The Kier molecular flexibility index (Phi) is 3.62. The summed E-state index contributed by atoms with van der Waals surface area (Å²) in [6.07, 6.45) is 0. The maximum absolute atomic E-state index is 11.3. The Hall–Kier alpha value is -2.62. The molecule has 0 unspecified atom stereocenters. The lowest BCUT2D eigenvalue weighted by Gasteiger charge is -2.06. The molecule has 0 heterocycles. The van der Waals surface area contributed by atoms with Gasteiger partial charge >= 0.3 is 11.7 Å². The van der Waals surface area contributed by atoms with Crippen LogP contribution in [0.4, 0.5) is 5.69 Å². The molecule has 0 aliphatic carbocycles. The maximum atomic E-state index is 11.3. The van der Waals surface area contributed by atoms with Gasteiger partial charge < -0.3 is 9.47 Å². The van der Waals surface area contributed by atoms with Crippen molar-refractivity contribution in [1.29, 1.82) is 5.26 Å². The third-order valence-corrected chi connectivity index (χ3v) is 2.04. The highest BCUT2D eigenvalue weighted by Gasteiger charge is 2.22. The van der Waals surface area contributed by atoms with Crippen LogP contribution < -0.4 is 4.74 Å². The molecular formula is C10H8N2O5. The third-order valence-electron chi connectivity index (χ3n) is 2.04. The topological polar surface area (TPSA) is 102 Å². The van der Waals surface area contributed by atoms with Crippen LogP contribution in [0.25, 0.3) is 0 Å². The SMILES string of the molecule is COC(=O)c1cc(OC)c([N+](=O)[O-])cc1C#N. The Balaban J connectivity index is 3.50. The Morgan fingerprint density at radius 3 is 2.53 bits per heavy atom. The summed E-state index contributed by atoms with van der Waals surface area (Å²) in [7, 11) is 2.38. The van der Waals surface area contributed by atoms with Gasteiger partial charge in [-0.3, -0.25) is 10.1 Å². The Morgan fingerprint density at radius 1 is 1.47 bits per heavy atom. The molecule has 7 nitrogen and oxygen atoms in total. The minimum Gasteiger partial charge on any atom is -0.490 e. The molecule has 0 bridgehead atoms. The number of nitriles is 1. The smallest absolute Gasteiger partial charge is 0.339 e. The van der Waals surface area contributed by atoms with Crippen molar-refractivity contribution in [3.05, 3.63) is 33.4 Å². The van der Waals surface area contributed by atoms with Crippen LogP contribution in [0.5, 0.6) is 5.75 Å². The largest absolute Gasteiger partial charge is 0.490 e. The Morgan fingerprint density at radius 2 is 2.12 bits per heavy atom. The van der Waals surface area contributed by atoms with Crippen LogP contribution >= 0.6 is 0 Å². The first-order valence-corrected chi connectivity index (χ1v) is 4.40. The van der Waals surface area contributed by atoms with E-state index < -0.39 is 10.9 Å². The lowest BCUT2D eigenvalue weighted by Crippen LogP contribution is -2.06. The van der Waals surface area contributed by atoms with E-state index in [2.05, 4.69) is 4.74 Å². The zero-order valence-electron chi connectivity index (χ0n) is 9.09. The molecule has 1 aromatic carbocycles. The quantitative estimate of drug-likeness (QED) is 0.444. The highest BCUT2D eigenvalue weighted by atomic mass is 16.6. The average Bonchev–Trinajstić information content (AvgIpc) is 2.35. The van der Waals surface area contributed by atoms with Crippen molar-refractivity contribution in [3.63, 3.8) is 0 Å². The molecule has 0 fully saturated rings. The van der Waals surface area contributed by atoms with Gasteiger partial charge in [0.15, 0.2) is 5.75 Å². The minimum atomic E-state index is -0.755. The number of rotatable bonds is 3. The fourth-order valence-corrected chi connectivity index (χ4v) is 1.25. The van der Waals surface area contributed by atoms with E-state index in [-0.39, 0.29) is 22.6 Å². The van der Waals surface area contributed by atoms with Crippen molar-refractivity contribution < 1.29 is 19.2 Å². The number of benzene rings is 1. The van der Waals surface area contributed by atoms with Crippen molar-refractivity contribution in [3.8, 4) is 11.8 Å². The molecular weight excluding hydrogens is 228 g/mol. The van der Waals surface area contributed by atoms with Crippen molar-refractivity contribution in [2.24, 2.45) is 0 Å². The zero-order chi connectivity index (χ0) is 13.0. The highest BCUT2D eigenvalue weighted by molar-refractivity contribution is 5.93. The molecule has 0 radical (unpaired) electrons. The minimum absolute atomic E-state index is 0.0718. The maximum Gasteiger partial charge on any atom is 0.339 e. The molecule has 1 rings (SSSR count). The first-order valence-electron chi connectivity index (χ1n) is 4.40. The van der Waals surface area contributed by atoms with E-state index >= 15 is 0 Å². The lowest BCUT2D eigenvalue weighted by molar-refractivity contribution is -0.385. The molecule has 0 aliphatic heterocycles. The number of carbonyl (C=O) groups is 1. The molecule has 0 spiro atoms. The van der Waals surface area contributed by atoms with E-state index in [4.69, 9.17) is 10.00 Å². The summed E-state index contributed by atoms with van der Waals surface area (Å²) in [5.41, 5.74) is -0.585. The summed E-state index contributed by atoms with van der Waals surface area (Å²) in [6.45, 7) is 0. The lowest BCUT2D eigenvalue weighted by atomic mass is 10.1. The summed E-state index contributed by atoms with van der Waals surface area (Å²) in [6, 6.07) is 3.79. The first-order chi connectivity index (χ1) is 8.04. The second-order valence-corrected chi connectivity index (χ2v) is 2.93. The van der Waals surface area contributed by atoms with Crippen LogP contribution in [0, 0.1) is 21.4 Å². The second kappa shape index (κ2) is 4.94. The van der Waals surface area contributed by atoms with E-state index in [0.717, 1.165) is 19.2 Å². The number of esters is 1. The van der Waals surface area contributed by atoms with E-state index in [1.54, 1.807) is 6.07 Å². The molecule has 17 heavy (non-hydrogen) atoms. The molecule has 0 aromatic heterocycles. The van der Waals surface area contributed by atoms with Crippen LogP contribution in [-0.2, 0) is 4.74 Å². The molecule has 7 heteroatoms. The Bertz CT molecular complexity index is 518. The van der Waals surface area contributed by atoms with Gasteiger partial charge in [-0.25, -0.2) is 4.79 Å². The predicted molar refractivity (Wildman–Crippen MR) is 55.7 cm³/mol. The molecule has 0 saturated heterocycles. The van der Waals surface area contributed by atoms with Gasteiger partial charge in [-0.05, 0) is 0 Å². The van der Waals surface area contributed by atoms with Crippen LogP contribution in [0.3, 0.4) is 0 Å². The molecule has 0 saturated carbocycles. The third kappa shape index (κ3) is 2.31. The average molecular weight is 236 g/mol. The number of hydrogen-bond acceptors (Lipinski definition) is 6. The molecule has 1 aromatic rings. The van der Waals surface area contributed by atoms with E-state index in [9.17, 15) is 14.9 Å². The van der Waals surface area contributed by atoms with Crippen LogP contribution in [0.2, 0.25) is 0 Å². The normalized spacial score (nSPS) is 9.24. The molecule has 0 aliphatic rings. The second-order valence-electron chi connectivity index (χ2n) is 2.93. The van der Waals surface area contributed by atoms with Crippen molar-refractivity contribution >= 4 is 11.7 Å². The molecule has 0 atom stereocenters. The van der Waals surface area contributed by atoms with E-state index in [1.165, 1.54) is 7.11 Å². The Labute approximate surface area is 96.3 Å². The van der Waals surface area contributed by atoms with Gasteiger partial charge in [0.1, 0.15) is 6.07 Å². The summed E-state index contributed by atoms with van der Waals surface area (Å²) in [5, 5.41) is 19.5. The van der Waals surface area contributed by atoms with Crippen LogP contribution in [0.1, 0.15) is 15.9 Å². The molecule has 88 valence electrons. The summed E-state index contributed by atoms with van der Waals surface area (Å²) >= 11 is 0. The van der Waals surface area contributed by atoms with E-state index in [1.807, 2.05) is 0 Å². The standard InChI is InChI=1S/C10H8N2O5/c1-16-9-4-7(10(13)17-2)6(5-11)3-8(9)12(14)15/h3-4H,1-2H3. The highest BCUT2D eigenvalue weighted by Crippen LogP contribution is 2.30. The summed E-state index contributed by atoms with van der Waals surface area (Å²) in [5.74, 6) is -0.857. The number of nitro benzene ring substituents is 1. The zero-order valence-corrected chi connectivity index (χ0v) is 9.09. The fraction of sp³-hybridized carbons (Fsp3) is 0.200. The van der Waals surface area contributed by atoms with Gasteiger partial charge in [0.2, 0.25) is 0 Å². The number of carbonyl (C=O) groups excluding carboxylic acids is 1.